The van der Waals surface area contributed by atoms with E-state index in [1.165, 1.54) is 16.6 Å². The van der Waals surface area contributed by atoms with Crippen LogP contribution < -0.4 is 21.5 Å². The van der Waals surface area contributed by atoms with E-state index in [4.69, 9.17) is 0 Å². The van der Waals surface area contributed by atoms with Crippen molar-refractivity contribution in [2.24, 2.45) is 0 Å². The van der Waals surface area contributed by atoms with Gasteiger partial charge < -0.3 is 17.0 Å². The lowest BCUT2D eigenvalue weighted by molar-refractivity contribution is -0.733. The average Bonchev–Trinajstić information content (AvgIpc) is 2.36. The number of hydrogen-bond acceptors (Lipinski definition) is 2. The summed E-state index contributed by atoms with van der Waals surface area (Å²) in [7, 11) is 0. The highest BCUT2D eigenvalue weighted by Gasteiger charge is 2.20. The number of fused-ring (bicyclic) bond motifs is 1. The SMILES string of the molecule is Cc1ccnc2[n+]1CCS2.[Br-]. The van der Waals surface area contributed by atoms with E-state index in [-0.39, 0.29) is 17.0 Å². The number of nitrogens with zero attached hydrogens (tertiary/aromatic N) is 2. The Bertz CT molecular complexity index is 265. The van der Waals surface area contributed by atoms with E-state index in [1.807, 2.05) is 18.0 Å². The predicted octanol–water partition coefficient (Wildman–Crippen LogP) is -2.21. The zero-order valence-corrected chi connectivity index (χ0v) is 8.65. The summed E-state index contributed by atoms with van der Waals surface area (Å²) in [6, 6.07) is 2.05. The first-order valence-corrected chi connectivity index (χ1v) is 4.35. The van der Waals surface area contributed by atoms with E-state index >= 15 is 0 Å². The Hall–Kier alpha value is -0.0900. The lowest BCUT2D eigenvalue weighted by atomic mass is 10.4. The third-order valence-electron chi connectivity index (χ3n) is 1.70. The van der Waals surface area contributed by atoms with Crippen LogP contribution in [0.4, 0.5) is 0 Å². The minimum Gasteiger partial charge on any atom is -1.00 e. The summed E-state index contributed by atoms with van der Waals surface area (Å²) >= 11 is 1.83. The van der Waals surface area contributed by atoms with E-state index < -0.39 is 0 Å². The summed E-state index contributed by atoms with van der Waals surface area (Å²) in [5.74, 6) is 1.18. The maximum absolute atomic E-state index is 4.25. The van der Waals surface area contributed by atoms with E-state index in [2.05, 4.69) is 22.5 Å². The molecule has 2 nitrogen and oxygen atoms in total. The van der Waals surface area contributed by atoms with E-state index in [0.29, 0.717) is 0 Å². The minimum atomic E-state index is 0. The van der Waals surface area contributed by atoms with Crippen LogP contribution in [-0.2, 0) is 6.54 Å². The van der Waals surface area contributed by atoms with Gasteiger partial charge in [-0.2, -0.15) is 0 Å². The average molecular weight is 233 g/mol. The second kappa shape index (κ2) is 3.54. The fourth-order valence-corrected chi connectivity index (χ4v) is 2.12. The molecule has 0 aliphatic carbocycles. The number of aryl methyl sites for hydroxylation is 1. The summed E-state index contributed by atoms with van der Waals surface area (Å²) in [4.78, 5) is 4.25. The number of rotatable bonds is 0. The van der Waals surface area contributed by atoms with Crippen LogP contribution in [0.25, 0.3) is 0 Å². The van der Waals surface area contributed by atoms with Gasteiger partial charge in [-0.05, 0) is 23.7 Å². The Kier molecular flexibility index (Phi) is 2.90. The summed E-state index contributed by atoms with van der Waals surface area (Å²) in [5, 5.41) is 1.17. The molecule has 1 aliphatic heterocycles. The first-order valence-electron chi connectivity index (χ1n) is 3.36. The van der Waals surface area contributed by atoms with Crippen LogP contribution in [-0.4, -0.2) is 10.7 Å². The van der Waals surface area contributed by atoms with E-state index in [1.54, 1.807) is 0 Å². The summed E-state index contributed by atoms with van der Waals surface area (Å²) < 4.78 is 2.25. The van der Waals surface area contributed by atoms with Crippen LogP contribution in [0.2, 0.25) is 0 Å². The highest BCUT2D eigenvalue weighted by molar-refractivity contribution is 7.99. The summed E-state index contributed by atoms with van der Waals surface area (Å²) in [6.07, 6.45) is 1.87. The molecule has 2 heterocycles. The zero-order valence-electron chi connectivity index (χ0n) is 6.25. The Balaban J connectivity index is 0.000000605. The van der Waals surface area contributed by atoms with Crippen LogP contribution in [0.5, 0.6) is 0 Å². The topological polar surface area (TPSA) is 16.8 Å². The predicted molar refractivity (Wildman–Crippen MR) is 39.9 cm³/mol. The molecule has 0 unspecified atom stereocenters. The zero-order chi connectivity index (χ0) is 6.97. The Morgan fingerprint density at radius 1 is 1.64 bits per heavy atom. The molecule has 0 aromatic carbocycles. The van der Waals surface area contributed by atoms with Crippen molar-refractivity contribution in [3.05, 3.63) is 18.0 Å². The lowest BCUT2D eigenvalue weighted by Crippen LogP contribution is -3.00. The molecule has 0 fully saturated rings. The van der Waals surface area contributed by atoms with Crippen LogP contribution in [0.3, 0.4) is 0 Å². The van der Waals surface area contributed by atoms with Crippen molar-refractivity contribution in [3.63, 3.8) is 0 Å². The van der Waals surface area contributed by atoms with Gasteiger partial charge in [0.1, 0.15) is 18.4 Å². The molecule has 1 aliphatic rings. The molecule has 0 atom stereocenters. The molecule has 0 saturated heterocycles. The van der Waals surface area contributed by atoms with E-state index in [9.17, 15) is 0 Å². The highest BCUT2D eigenvalue weighted by atomic mass is 79.9. The van der Waals surface area contributed by atoms with Crippen molar-refractivity contribution >= 4 is 11.8 Å². The molecular formula is C7H9BrN2S. The van der Waals surface area contributed by atoms with Crippen molar-refractivity contribution in [3.8, 4) is 0 Å². The third kappa shape index (κ3) is 1.56. The molecule has 0 N–H and O–H groups in total. The number of thioether (sulfide) groups is 1. The molecule has 1 aromatic rings. The van der Waals surface area contributed by atoms with Gasteiger partial charge >= 0.3 is 5.16 Å². The van der Waals surface area contributed by atoms with E-state index in [0.717, 1.165) is 6.54 Å². The molecule has 0 saturated carbocycles. The molecule has 0 spiro atoms. The van der Waals surface area contributed by atoms with Gasteiger partial charge in [-0.25, -0.2) is 4.57 Å². The number of aromatic nitrogens is 2. The number of halogens is 1. The molecule has 1 aromatic heterocycles. The molecule has 0 radical (unpaired) electrons. The van der Waals surface area contributed by atoms with Crippen LogP contribution in [0.1, 0.15) is 5.69 Å². The van der Waals surface area contributed by atoms with Crippen molar-refractivity contribution < 1.29 is 21.5 Å². The van der Waals surface area contributed by atoms with Crippen molar-refractivity contribution in [1.82, 2.24) is 4.98 Å². The second-order valence-corrected chi connectivity index (χ2v) is 3.43. The standard InChI is InChI=1S/C7H9N2S.BrH/c1-6-2-3-8-7-9(6)4-5-10-7;/h2-3H,4-5H2,1H3;1H/q+1;/p-1. The van der Waals surface area contributed by atoms with Gasteiger partial charge in [0.15, 0.2) is 0 Å². The van der Waals surface area contributed by atoms with Gasteiger partial charge in [-0.1, -0.05) is 0 Å². The smallest absolute Gasteiger partial charge is 0.359 e. The van der Waals surface area contributed by atoms with Crippen molar-refractivity contribution in [2.75, 3.05) is 5.75 Å². The minimum absolute atomic E-state index is 0. The molecule has 60 valence electrons. The van der Waals surface area contributed by atoms with Gasteiger partial charge in [0.25, 0.3) is 0 Å². The third-order valence-corrected chi connectivity index (χ3v) is 2.67. The first-order chi connectivity index (χ1) is 4.88. The summed E-state index contributed by atoms with van der Waals surface area (Å²) in [6.45, 7) is 3.25. The van der Waals surface area contributed by atoms with Crippen LogP contribution >= 0.6 is 11.8 Å². The quantitative estimate of drug-likeness (QED) is 0.373. The molecule has 4 heteroatoms. The van der Waals surface area contributed by atoms with Crippen molar-refractivity contribution in [2.45, 2.75) is 18.6 Å². The Morgan fingerprint density at radius 2 is 2.45 bits per heavy atom. The van der Waals surface area contributed by atoms with Gasteiger partial charge in [0, 0.05) is 11.8 Å². The van der Waals surface area contributed by atoms with Crippen LogP contribution in [0, 0.1) is 6.92 Å². The monoisotopic (exact) mass is 232 g/mol. The maximum atomic E-state index is 4.25. The number of hydrogen-bond donors (Lipinski definition) is 0. The molecule has 11 heavy (non-hydrogen) atoms. The fourth-order valence-electron chi connectivity index (χ4n) is 1.13. The highest BCUT2D eigenvalue weighted by Crippen LogP contribution is 2.15. The molecule has 0 bridgehead atoms. The normalized spacial score (nSPS) is 13.9. The largest absolute Gasteiger partial charge is 1.00 e. The molecule has 0 amide bonds. The molecular weight excluding hydrogens is 224 g/mol. The van der Waals surface area contributed by atoms with Crippen LogP contribution in [0.15, 0.2) is 17.4 Å². The summed E-state index contributed by atoms with van der Waals surface area (Å²) in [5.41, 5.74) is 1.31. The first kappa shape index (κ1) is 9.00. The Morgan fingerprint density at radius 3 is 3.18 bits per heavy atom. The fraction of sp³-hybridized carbons (Fsp3) is 0.429. The van der Waals surface area contributed by atoms with Gasteiger partial charge in [-0.15, -0.1) is 0 Å². The van der Waals surface area contributed by atoms with Gasteiger partial charge in [0.05, 0.1) is 0 Å². The maximum Gasteiger partial charge on any atom is 0.359 e. The van der Waals surface area contributed by atoms with Crippen molar-refractivity contribution in [1.29, 1.82) is 0 Å². The Labute approximate surface area is 80.8 Å². The second-order valence-electron chi connectivity index (χ2n) is 2.37. The van der Waals surface area contributed by atoms with Gasteiger partial charge in [0.2, 0.25) is 0 Å². The molecule has 2 rings (SSSR count). The van der Waals surface area contributed by atoms with Gasteiger partial charge in [-0.3, -0.25) is 0 Å². The lowest BCUT2D eigenvalue weighted by Gasteiger charge is -1.93.